The fourth-order valence-corrected chi connectivity index (χ4v) is 5.77. The van der Waals surface area contributed by atoms with Crippen LogP contribution in [0.2, 0.25) is 0 Å². The average Bonchev–Trinajstić information content (AvgIpc) is 3.40. The molecule has 8 heteroatoms. The Balaban J connectivity index is 1.37. The zero-order valence-electron chi connectivity index (χ0n) is 23.7. The number of pyridine rings is 1. The van der Waals surface area contributed by atoms with Crippen LogP contribution in [-0.4, -0.2) is 47.4 Å². The molecule has 206 valence electrons. The molecule has 40 heavy (non-hydrogen) atoms. The second-order valence-corrected chi connectivity index (χ2v) is 11.8. The number of nitrogens with zero attached hydrogens (tertiary/aromatic N) is 3. The van der Waals surface area contributed by atoms with Gasteiger partial charge in [-0.15, -0.1) is 0 Å². The predicted octanol–water partition coefficient (Wildman–Crippen LogP) is 4.44. The van der Waals surface area contributed by atoms with E-state index in [1.54, 1.807) is 24.4 Å². The second kappa shape index (κ2) is 10.3. The molecule has 2 aromatic carbocycles. The number of nitrogens with one attached hydrogen (secondary N) is 2. The van der Waals surface area contributed by atoms with E-state index in [-0.39, 0.29) is 24.3 Å². The Morgan fingerprint density at radius 2 is 1.85 bits per heavy atom. The average molecular weight is 538 g/mol. The molecule has 2 heterocycles. The molecular formula is C32H35N5O3. The summed E-state index contributed by atoms with van der Waals surface area (Å²) in [6.07, 6.45) is 4.58. The van der Waals surface area contributed by atoms with Gasteiger partial charge in [0.2, 0.25) is 17.7 Å². The van der Waals surface area contributed by atoms with Gasteiger partial charge in [0.25, 0.3) is 0 Å². The summed E-state index contributed by atoms with van der Waals surface area (Å²) in [4.78, 5) is 49.9. The fraction of sp³-hybridized carbons (Fsp3) is 0.344. The molecule has 3 amide bonds. The zero-order chi connectivity index (χ0) is 28.7. The SMILES string of the molecule is CN=Cc1ccccc1CN(CC(=O)Nc1cc2c(cc1C)CC1(C2)C(=O)Nc2ncccc21)C(=O)C(C)(C)C. The molecule has 1 aliphatic carbocycles. The standard InChI is InChI=1S/C32H35N5O3/c1-20-13-23-15-32(25-11-8-12-34-28(25)36-29(32)39)16-24(23)14-26(20)35-27(38)19-37(30(40)31(2,3)4)18-22-10-7-6-9-21(22)17-33-5/h6-14,17H,15-16,18-19H2,1-5H3,(H,35,38)(H,34,36,39). The van der Waals surface area contributed by atoms with Crippen molar-refractivity contribution in [3.63, 3.8) is 0 Å². The van der Waals surface area contributed by atoms with Gasteiger partial charge in [0.05, 0.1) is 5.41 Å². The van der Waals surface area contributed by atoms with Crippen LogP contribution >= 0.6 is 0 Å². The third kappa shape index (κ3) is 5.01. The molecule has 5 rings (SSSR count). The summed E-state index contributed by atoms with van der Waals surface area (Å²) in [5.41, 5.74) is 5.15. The lowest BCUT2D eigenvalue weighted by Crippen LogP contribution is -2.43. The fourth-order valence-electron chi connectivity index (χ4n) is 5.77. The van der Waals surface area contributed by atoms with Gasteiger partial charge in [-0.3, -0.25) is 19.4 Å². The Kier molecular flexibility index (Phi) is 7.04. The number of aryl methyl sites for hydroxylation is 1. The topological polar surface area (TPSA) is 104 Å². The van der Waals surface area contributed by atoms with Crippen molar-refractivity contribution in [1.29, 1.82) is 0 Å². The van der Waals surface area contributed by atoms with E-state index < -0.39 is 10.8 Å². The summed E-state index contributed by atoms with van der Waals surface area (Å²) >= 11 is 0. The van der Waals surface area contributed by atoms with E-state index in [1.807, 2.05) is 70.2 Å². The molecule has 0 radical (unpaired) electrons. The number of hydrogen-bond acceptors (Lipinski definition) is 5. The van der Waals surface area contributed by atoms with Gasteiger partial charge in [0.1, 0.15) is 12.4 Å². The first kappa shape index (κ1) is 27.2. The Morgan fingerprint density at radius 1 is 1.12 bits per heavy atom. The van der Waals surface area contributed by atoms with Crippen molar-refractivity contribution in [2.75, 3.05) is 24.2 Å². The van der Waals surface area contributed by atoms with Crippen LogP contribution in [0.15, 0.2) is 59.7 Å². The maximum absolute atomic E-state index is 13.4. The number of benzene rings is 2. The minimum absolute atomic E-state index is 0.0367. The molecule has 1 spiro atoms. The van der Waals surface area contributed by atoms with Gasteiger partial charge in [0, 0.05) is 42.7 Å². The highest BCUT2D eigenvalue weighted by atomic mass is 16.2. The van der Waals surface area contributed by atoms with E-state index >= 15 is 0 Å². The molecular weight excluding hydrogens is 502 g/mol. The van der Waals surface area contributed by atoms with Crippen molar-refractivity contribution in [2.24, 2.45) is 10.4 Å². The van der Waals surface area contributed by atoms with Gasteiger partial charge in [-0.25, -0.2) is 4.98 Å². The lowest BCUT2D eigenvalue weighted by Gasteiger charge is -2.29. The Bertz CT molecular complexity index is 1540. The minimum Gasteiger partial charge on any atom is -0.329 e. The lowest BCUT2D eigenvalue weighted by molar-refractivity contribution is -0.142. The van der Waals surface area contributed by atoms with Gasteiger partial charge in [-0.2, -0.15) is 0 Å². The minimum atomic E-state index is -0.674. The smallest absolute Gasteiger partial charge is 0.244 e. The van der Waals surface area contributed by atoms with E-state index in [4.69, 9.17) is 0 Å². The van der Waals surface area contributed by atoms with Crippen LogP contribution in [-0.2, 0) is 39.2 Å². The Hall–Kier alpha value is -4.33. The van der Waals surface area contributed by atoms with Crippen LogP contribution in [0.4, 0.5) is 11.5 Å². The highest BCUT2D eigenvalue weighted by Gasteiger charge is 2.51. The highest BCUT2D eigenvalue weighted by Crippen LogP contribution is 2.47. The van der Waals surface area contributed by atoms with Crippen LogP contribution in [0.5, 0.6) is 0 Å². The Morgan fingerprint density at radius 3 is 2.58 bits per heavy atom. The van der Waals surface area contributed by atoms with Crippen molar-refractivity contribution in [3.8, 4) is 0 Å². The van der Waals surface area contributed by atoms with Gasteiger partial charge in [-0.05, 0) is 59.7 Å². The molecule has 8 nitrogen and oxygen atoms in total. The summed E-state index contributed by atoms with van der Waals surface area (Å²) < 4.78 is 0. The third-order valence-corrected chi connectivity index (χ3v) is 7.74. The van der Waals surface area contributed by atoms with Crippen LogP contribution in [0.3, 0.4) is 0 Å². The Labute approximate surface area is 234 Å². The number of rotatable bonds is 6. The normalized spacial score (nSPS) is 17.6. The van der Waals surface area contributed by atoms with E-state index in [0.717, 1.165) is 33.4 Å². The first-order valence-electron chi connectivity index (χ1n) is 13.5. The summed E-state index contributed by atoms with van der Waals surface area (Å²) in [7, 11) is 1.71. The number of hydrogen-bond donors (Lipinski definition) is 2. The van der Waals surface area contributed by atoms with E-state index in [0.29, 0.717) is 30.9 Å². The van der Waals surface area contributed by atoms with Crippen molar-refractivity contribution in [2.45, 2.75) is 52.5 Å². The molecule has 0 fully saturated rings. The van der Waals surface area contributed by atoms with Gasteiger partial charge >= 0.3 is 0 Å². The van der Waals surface area contributed by atoms with Gasteiger partial charge in [-0.1, -0.05) is 57.2 Å². The van der Waals surface area contributed by atoms with Gasteiger partial charge < -0.3 is 15.5 Å². The molecule has 2 N–H and O–H groups in total. The molecule has 3 aromatic rings. The third-order valence-electron chi connectivity index (χ3n) is 7.74. The predicted molar refractivity (Wildman–Crippen MR) is 157 cm³/mol. The number of carbonyl (C=O) groups is 3. The largest absolute Gasteiger partial charge is 0.329 e. The maximum Gasteiger partial charge on any atom is 0.244 e. The molecule has 1 atom stereocenters. The molecule has 1 unspecified atom stereocenters. The van der Waals surface area contributed by atoms with Crippen LogP contribution in [0.25, 0.3) is 0 Å². The lowest BCUT2D eigenvalue weighted by atomic mass is 9.79. The number of aromatic nitrogens is 1. The van der Waals surface area contributed by atoms with Crippen molar-refractivity contribution in [1.82, 2.24) is 9.88 Å². The van der Waals surface area contributed by atoms with Crippen LogP contribution in [0, 0.1) is 12.3 Å². The molecule has 0 saturated heterocycles. The summed E-state index contributed by atoms with van der Waals surface area (Å²) in [6, 6.07) is 15.6. The van der Waals surface area contributed by atoms with Crippen LogP contribution < -0.4 is 10.6 Å². The summed E-state index contributed by atoms with van der Waals surface area (Å²) in [5, 5.41) is 5.98. The van der Waals surface area contributed by atoms with Crippen molar-refractivity contribution in [3.05, 3.63) is 88.1 Å². The number of aliphatic imine (C=N–C) groups is 1. The first-order valence-corrected chi connectivity index (χ1v) is 13.5. The quantitative estimate of drug-likeness (QED) is 0.454. The van der Waals surface area contributed by atoms with E-state index in [2.05, 4.69) is 26.7 Å². The molecule has 1 aliphatic heterocycles. The number of fused-ring (bicyclic) bond motifs is 3. The molecule has 2 aliphatic rings. The summed E-state index contributed by atoms with van der Waals surface area (Å²) in [6.45, 7) is 7.71. The van der Waals surface area contributed by atoms with Crippen molar-refractivity contribution >= 4 is 35.4 Å². The number of carbonyl (C=O) groups excluding carboxylic acids is 3. The van der Waals surface area contributed by atoms with Crippen LogP contribution in [0.1, 0.15) is 54.2 Å². The maximum atomic E-state index is 13.4. The summed E-state index contributed by atoms with van der Waals surface area (Å²) in [5.74, 6) is 0.201. The highest BCUT2D eigenvalue weighted by molar-refractivity contribution is 6.06. The molecule has 0 bridgehead atoms. The monoisotopic (exact) mass is 537 g/mol. The molecule has 1 aromatic heterocycles. The zero-order valence-corrected chi connectivity index (χ0v) is 23.7. The molecule has 0 saturated carbocycles. The number of amides is 3. The first-order chi connectivity index (χ1) is 19.0. The number of anilines is 2. The van der Waals surface area contributed by atoms with E-state index in [9.17, 15) is 14.4 Å². The van der Waals surface area contributed by atoms with E-state index in [1.165, 1.54) is 0 Å². The van der Waals surface area contributed by atoms with Crippen molar-refractivity contribution < 1.29 is 14.4 Å². The second-order valence-electron chi connectivity index (χ2n) is 11.8. The van der Waals surface area contributed by atoms with Gasteiger partial charge in [0.15, 0.2) is 0 Å².